The van der Waals surface area contributed by atoms with Crippen molar-refractivity contribution in [3.8, 4) is 0 Å². The summed E-state index contributed by atoms with van der Waals surface area (Å²) >= 11 is 0. The number of nitrogens with zero attached hydrogens (tertiary/aromatic N) is 1. The van der Waals surface area contributed by atoms with E-state index in [2.05, 4.69) is 0 Å². The van der Waals surface area contributed by atoms with Crippen LogP contribution in [-0.4, -0.2) is 36.6 Å². The van der Waals surface area contributed by atoms with Crippen molar-refractivity contribution in [1.29, 1.82) is 0 Å². The van der Waals surface area contributed by atoms with E-state index in [9.17, 15) is 9.18 Å². The van der Waals surface area contributed by atoms with Crippen LogP contribution in [-0.2, 0) is 16.0 Å². The smallest absolute Gasteiger partial charge is 0.227 e. The van der Waals surface area contributed by atoms with Crippen LogP contribution >= 0.6 is 0 Å². The Balaban J connectivity index is 1.61. The average Bonchev–Trinajstić information content (AvgIpc) is 3.15. The lowest BCUT2D eigenvalue weighted by molar-refractivity contribution is -0.131. The summed E-state index contributed by atoms with van der Waals surface area (Å²) in [6.07, 6.45) is 3.64. The number of rotatable bonds is 5. The molecule has 4 heteroatoms. The number of hydrogen-bond acceptors (Lipinski definition) is 2. The largest absolute Gasteiger partial charge is 0.381 e. The molecule has 1 amide bonds. The molecule has 0 radical (unpaired) electrons. The summed E-state index contributed by atoms with van der Waals surface area (Å²) in [5.41, 5.74) is 0.879. The van der Waals surface area contributed by atoms with E-state index in [1.54, 1.807) is 12.1 Å². The maximum atomic E-state index is 12.9. The highest BCUT2D eigenvalue weighted by molar-refractivity contribution is 5.79. The molecule has 3 nitrogen and oxygen atoms in total. The van der Waals surface area contributed by atoms with Gasteiger partial charge in [0.2, 0.25) is 5.91 Å². The predicted octanol–water partition coefficient (Wildman–Crippen LogP) is 2.40. The topological polar surface area (TPSA) is 29.5 Å². The number of amides is 1. The monoisotopic (exact) mass is 277 g/mol. The van der Waals surface area contributed by atoms with Crippen LogP contribution in [0.2, 0.25) is 0 Å². The van der Waals surface area contributed by atoms with E-state index in [0.717, 1.165) is 44.6 Å². The number of ether oxygens (including phenoxy) is 1. The number of carbonyl (C=O) groups is 1. The first kappa shape index (κ1) is 13.6. The zero-order valence-corrected chi connectivity index (χ0v) is 11.6. The first-order chi connectivity index (χ1) is 9.72. The summed E-state index contributed by atoms with van der Waals surface area (Å²) in [6, 6.07) is 6.63. The zero-order valence-electron chi connectivity index (χ0n) is 11.6. The molecule has 1 aliphatic heterocycles. The molecule has 0 N–H and O–H groups in total. The van der Waals surface area contributed by atoms with Crippen molar-refractivity contribution >= 4 is 5.91 Å². The van der Waals surface area contributed by atoms with Gasteiger partial charge in [-0.1, -0.05) is 12.1 Å². The number of carbonyl (C=O) groups excluding carboxylic acids is 1. The Labute approximate surface area is 118 Å². The lowest BCUT2D eigenvalue weighted by atomic mass is 10.1. The van der Waals surface area contributed by atoms with Crippen molar-refractivity contribution in [3.63, 3.8) is 0 Å². The van der Waals surface area contributed by atoms with Gasteiger partial charge < -0.3 is 9.64 Å². The molecule has 20 heavy (non-hydrogen) atoms. The van der Waals surface area contributed by atoms with Gasteiger partial charge in [-0.2, -0.15) is 0 Å². The molecule has 2 fully saturated rings. The first-order valence-electron chi connectivity index (χ1n) is 7.34. The summed E-state index contributed by atoms with van der Waals surface area (Å²) < 4.78 is 18.3. The van der Waals surface area contributed by atoms with Crippen LogP contribution in [0.4, 0.5) is 4.39 Å². The molecule has 1 aromatic carbocycles. The van der Waals surface area contributed by atoms with Crippen LogP contribution < -0.4 is 0 Å². The summed E-state index contributed by atoms with van der Waals surface area (Å²) in [4.78, 5) is 14.5. The Bertz CT molecular complexity index is 464. The van der Waals surface area contributed by atoms with Crippen LogP contribution in [0.25, 0.3) is 0 Å². The van der Waals surface area contributed by atoms with Gasteiger partial charge in [0, 0.05) is 25.1 Å². The van der Waals surface area contributed by atoms with Crippen LogP contribution in [0, 0.1) is 11.7 Å². The number of hydrogen-bond donors (Lipinski definition) is 0. The molecule has 1 aromatic rings. The Hall–Kier alpha value is -1.42. The highest BCUT2D eigenvalue weighted by atomic mass is 19.1. The van der Waals surface area contributed by atoms with Gasteiger partial charge in [-0.05, 0) is 37.0 Å². The van der Waals surface area contributed by atoms with E-state index in [-0.39, 0.29) is 11.7 Å². The van der Waals surface area contributed by atoms with Crippen LogP contribution in [0.1, 0.15) is 24.8 Å². The van der Waals surface area contributed by atoms with Crippen LogP contribution in [0.15, 0.2) is 24.3 Å². The molecule has 108 valence electrons. The summed E-state index contributed by atoms with van der Waals surface area (Å²) in [6.45, 7) is 2.40. The summed E-state index contributed by atoms with van der Waals surface area (Å²) in [5.74, 6) is 0.377. The molecule has 1 atom stereocenters. The Morgan fingerprint density at radius 2 is 2.00 bits per heavy atom. The third kappa shape index (κ3) is 3.37. The highest BCUT2D eigenvalue weighted by Gasteiger charge is 2.34. The first-order valence-corrected chi connectivity index (χ1v) is 7.34. The fourth-order valence-electron chi connectivity index (χ4n) is 2.72. The molecule has 1 saturated carbocycles. The average molecular weight is 277 g/mol. The van der Waals surface area contributed by atoms with E-state index in [4.69, 9.17) is 4.74 Å². The second kappa shape index (κ2) is 5.92. The van der Waals surface area contributed by atoms with Gasteiger partial charge in [-0.25, -0.2) is 4.39 Å². The van der Waals surface area contributed by atoms with Gasteiger partial charge in [-0.3, -0.25) is 4.79 Å². The van der Waals surface area contributed by atoms with E-state index in [1.807, 2.05) is 4.90 Å². The van der Waals surface area contributed by atoms with Gasteiger partial charge in [0.15, 0.2) is 0 Å². The van der Waals surface area contributed by atoms with Crippen molar-refractivity contribution in [3.05, 3.63) is 35.6 Å². The van der Waals surface area contributed by atoms with Gasteiger partial charge in [-0.15, -0.1) is 0 Å². The quantitative estimate of drug-likeness (QED) is 0.827. The number of benzene rings is 1. The summed E-state index contributed by atoms with van der Waals surface area (Å²) in [5, 5.41) is 0. The van der Waals surface area contributed by atoms with Gasteiger partial charge in [0.25, 0.3) is 0 Å². The Kier molecular flexibility index (Phi) is 4.01. The van der Waals surface area contributed by atoms with Crippen molar-refractivity contribution in [1.82, 2.24) is 4.90 Å². The maximum Gasteiger partial charge on any atom is 0.227 e. The standard InChI is InChI=1S/C16H20FNO2/c17-14-3-1-12(2-4-14)9-16(19)18(15-5-6-15)10-13-7-8-20-11-13/h1-4,13,15H,5-11H2. The molecular weight excluding hydrogens is 257 g/mol. The van der Waals surface area contributed by atoms with E-state index >= 15 is 0 Å². The molecule has 2 aliphatic rings. The van der Waals surface area contributed by atoms with Crippen molar-refractivity contribution in [2.45, 2.75) is 31.7 Å². The van der Waals surface area contributed by atoms with Crippen molar-refractivity contribution in [2.75, 3.05) is 19.8 Å². The fourth-order valence-corrected chi connectivity index (χ4v) is 2.72. The van der Waals surface area contributed by atoms with Crippen LogP contribution in [0.3, 0.4) is 0 Å². The molecule has 1 unspecified atom stereocenters. The zero-order chi connectivity index (χ0) is 13.9. The Morgan fingerprint density at radius 1 is 1.25 bits per heavy atom. The lowest BCUT2D eigenvalue weighted by Gasteiger charge is -2.25. The highest BCUT2D eigenvalue weighted by Crippen LogP contribution is 2.29. The van der Waals surface area contributed by atoms with E-state index in [0.29, 0.717) is 18.4 Å². The van der Waals surface area contributed by atoms with Gasteiger partial charge in [0.05, 0.1) is 13.0 Å². The molecule has 0 spiro atoms. The van der Waals surface area contributed by atoms with Gasteiger partial charge in [0.1, 0.15) is 5.82 Å². The predicted molar refractivity (Wildman–Crippen MR) is 73.8 cm³/mol. The number of halogens is 1. The molecule has 1 heterocycles. The third-order valence-electron chi connectivity index (χ3n) is 4.06. The van der Waals surface area contributed by atoms with Crippen molar-refractivity contribution < 1.29 is 13.9 Å². The van der Waals surface area contributed by atoms with Crippen LogP contribution in [0.5, 0.6) is 0 Å². The lowest BCUT2D eigenvalue weighted by Crippen LogP contribution is -2.38. The third-order valence-corrected chi connectivity index (χ3v) is 4.06. The van der Waals surface area contributed by atoms with Gasteiger partial charge >= 0.3 is 0 Å². The Morgan fingerprint density at radius 3 is 2.60 bits per heavy atom. The molecule has 0 bridgehead atoms. The van der Waals surface area contributed by atoms with E-state index < -0.39 is 0 Å². The van der Waals surface area contributed by atoms with E-state index in [1.165, 1.54) is 12.1 Å². The SMILES string of the molecule is O=C(Cc1ccc(F)cc1)N(CC1CCOC1)C1CC1. The second-order valence-electron chi connectivity index (χ2n) is 5.81. The molecule has 1 saturated heterocycles. The molecule has 1 aliphatic carbocycles. The molecule has 0 aromatic heterocycles. The summed E-state index contributed by atoms with van der Waals surface area (Å²) in [7, 11) is 0. The minimum atomic E-state index is -0.261. The maximum absolute atomic E-state index is 12.9. The molecule has 3 rings (SSSR count). The minimum absolute atomic E-state index is 0.158. The minimum Gasteiger partial charge on any atom is -0.381 e. The fraction of sp³-hybridized carbons (Fsp3) is 0.562. The normalized spacial score (nSPS) is 21.9. The van der Waals surface area contributed by atoms with Crippen molar-refractivity contribution in [2.24, 2.45) is 5.92 Å². The second-order valence-corrected chi connectivity index (χ2v) is 5.81. The molecular formula is C16H20FNO2.